The number of carbonyl (C=O) groups excluding carboxylic acids is 1. The summed E-state index contributed by atoms with van der Waals surface area (Å²) < 4.78 is 5.17. The van der Waals surface area contributed by atoms with Crippen LogP contribution >= 0.6 is 0 Å². The Balaban J connectivity index is 2.75. The number of rotatable bonds is 5. The number of ether oxygens (including phenoxy) is 1. The molecule has 5 heteroatoms. The number of benzene rings is 1. The molecule has 0 aliphatic rings. The fraction of sp³-hybridized carbons (Fsp3) is 0.286. The highest BCUT2D eigenvalue weighted by Gasteiger charge is 2.12. The van der Waals surface area contributed by atoms with Gasteiger partial charge in [-0.1, -0.05) is 18.2 Å². The predicted octanol–water partition coefficient (Wildman–Crippen LogP) is 1.73. The van der Waals surface area contributed by atoms with Gasteiger partial charge in [0.25, 0.3) is 0 Å². The first-order chi connectivity index (χ1) is 8.97. The molecule has 0 saturated carbocycles. The van der Waals surface area contributed by atoms with Crippen molar-refractivity contribution in [1.29, 1.82) is 0 Å². The fourth-order valence-corrected chi connectivity index (χ4v) is 1.49. The van der Waals surface area contributed by atoms with Crippen LogP contribution in [-0.4, -0.2) is 24.1 Å². The zero-order chi connectivity index (χ0) is 14.4. The van der Waals surface area contributed by atoms with Crippen molar-refractivity contribution in [2.75, 3.05) is 7.11 Å². The summed E-state index contributed by atoms with van der Waals surface area (Å²) >= 11 is 0. The maximum absolute atomic E-state index is 11.8. The van der Waals surface area contributed by atoms with Crippen molar-refractivity contribution in [3.05, 3.63) is 41.0 Å². The summed E-state index contributed by atoms with van der Waals surface area (Å²) in [6, 6.07) is 7.31. The minimum absolute atomic E-state index is 0.0394. The van der Waals surface area contributed by atoms with Crippen LogP contribution in [0, 0.1) is 0 Å². The van der Waals surface area contributed by atoms with E-state index in [-0.39, 0.29) is 17.7 Å². The van der Waals surface area contributed by atoms with E-state index >= 15 is 0 Å². The molecular formula is C14H17NO4. The fourth-order valence-electron chi connectivity index (χ4n) is 1.49. The highest BCUT2D eigenvalue weighted by Crippen LogP contribution is 2.16. The maximum atomic E-state index is 11.8. The largest absolute Gasteiger partial charge is 0.496 e. The van der Waals surface area contributed by atoms with Crippen molar-refractivity contribution in [1.82, 2.24) is 5.32 Å². The highest BCUT2D eigenvalue weighted by atomic mass is 16.5. The molecule has 0 heterocycles. The molecule has 0 aliphatic carbocycles. The molecule has 0 aliphatic heterocycles. The van der Waals surface area contributed by atoms with Gasteiger partial charge < -0.3 is 15.2 Å². The van der Waals surface area contributed by atoms with Gasteiger partial charge in [0, 0.05) is 23.3 Å². The summed E-state index contributed by atoms with van der Waals surface area (Å²) in [6.45, 7) is 3.18. The first-order valence-electron chi connectivity index (χ1n) is 5.78. The molecule has 0 radical (unpaired) electrons. The number of hydrogen-bond donors (Lipinski definition) is 2. The summed E-state index contributed by atoms with van der Waals surface area (Å²) in [5.74, 6) is -0.810. The molecule has 1 aromatic rings. The third-order valence-corrected chi connectivity index (χ3v) is 2.86. The van der Waals surface area contributed by atoms with Gasteiger partial charge in [-0.15, -0.1) is 0 Å². The molecule has 19 heavy (non-hydrogen) atoms. The van der Waals surface area contributed by atoms with E-state index in [1.165, 1.54) is 13.8 Å². The maximum Gasteiger partial charge on any atom is 0.331 e. The van der Waals surface area contributed by atoms with Gasteiger partial charge in [-0.05, 0) is 19.9 Å². The van der Waals surface area contributed by atoms with Gasteiger partial charge in [0.15, 0.2) is 0 Å². The molecule has 0 aromatic heterocycles. The Morgan fingerprint density at radius 1 is 1.21 bits per heavy atom. The zero-order valence-electron chi connectivity index (χ0n) is 11.2. The Hall–Kier alpha value is -2.30. The average molecular weight is 263 g/mol. The van der Waals surface area contributed by atoms with E-state index in [0.29, 0.717) is 5.75 Å². The second-order valence-electron chi connectivity index (χ2n) is 4.05. The van der Waals surface area contributed by atoms with Crippen molar-refractivity contribution >= 4 is 11.9 Å². The molecule has 1 rings (SSSR count). The molecule has 2 N–H and O–H groups in total. The minimum Gasteiger partial charge on any atom is -0.496 e. The summed E-state index contributed by atoms with van der Waals surface area (Å²) in [5, 5.41) is 11.5. The smallest absolute Gasteiger partial charge is 0.331 e. The monoisotopic (exact) mass is 263 g/mol. The van der Waals surface area contributed by atoms with E-state index in [9.17, 15) is 9.59 Å². The summed E-state index contributed by atoms with van der Waals surface area (Å²) in [4.78, 5) is 22.6. The van der Waals surface area contributed by atoms with Crippen LogP contribution in [0.2, 0.25) is 0 Å². The summed E-state index contributed by atoms with van der Waals surface area (Å²) in [6.07, 6.45) is 0. The van der Waals surface area contributed by atoms with Gasteiger partial charge in [0.2, 0.25) is 5.91 Å². The quantitative estimate of drug-likeness (QED) is 0.793. The zero-order valence-corrected chi connectivity index (χ0v) is 11.2. The van der Waals surface area contributed by atoms with Crippen LogP contribution in [0.25, 0.3) is 0 Å². The lowest BCUT2D eigenvalue weighted by Crippen LogP contribution is -2.25. The van der Waals surface area contributed by atoms with Crippen LogP contribution in [0.15, 0.2) is 35.4 Å². The van der Waals surface area contributed by atoms with Crippen molar-refractivity contribution in [2.45, 2.75) is 20.4 Å². The van der Waals surface area contributed by atoms with Gasteiger partial charge in [-0.3, -0.25) is 4.79 Å². The molecule has 0 fully saturated rings. The average Bonchev–Trinajstić information content (AvgIpc) is 2.43. The van der Waals surface area contributed by atoms with E-state index < -0.39 is 11.9 Å². The van der Waals surface area contributed by atoms with E-state index in [1.54, 1.807) is 13.2 Å². The normalized spacial score (nSPS) is 11.5. The molecule has 0 saturated heterocycles. The number of carboxylic acid groups (broad SMARTS) is 1. The Labute approximate surface area is 111 Å². The van der Waals surface area contributed by atoms with Gasteiger partial charge in [-0.2, -0.15) is 0 Å². The number of nitrogens with one attached hydrogen (secondary N) is 1. The first kappa shape index (κ1) is 14.8. The van der Waals surface area contributed by atoms with E-state index in [0.717, 1.165) is 5.56 Å². The van der Waals surface area contributed by atoms with Crippen LogP contribution in [0.1, 0.15) is 19.4 Å². The Morgan fingerprint density at radius 3 is 2.42 bits per heavy atom. The van der Waals surface area contributed by atoms with E-state index in [4.69, 9.17) is 9.84 Å². The third kappa shape index (κ3) is 3.84. The number of methoxy groups -OCH3 is 1. The molecular weight excluding hydrogens is 246 g/mol. The molecule has 5 nitrogen and oxygen atoms in total. The molecule has 0 spiro atoms. The topological polar surface area (TPSA) is 75.6 Å². The number of para-hydroxylation sites is 1. The number of carboxylic acids is 1. The Kier molecular flexibility index (Phi) is 5.11. The van der Waals surface area contributed by atoms with E-state index in [2.05, 4.69) is 5.32 Å². The number of carbonyl (C=O) groups is 2. The number of aliphatic carboxylic acids is 1. The van der Waals surface area contributed by atoms with Crippen LogP contribution in [0.5, 0.6) is 5.75 Å². The lowest BCUT2D eigenvalue weighted by Gasteiger charge is -2.10. The highest BCUT2D eigenvalue weighted by molar-refractivity contribution is 6.01. The van der Waals surface area contributed by atoms with Gasteiger partial charge in [0.1, 0.15) is 5.75 Å². The second-order valence-corrected chi connectivity index (χ2v) is 4.05. The van der Waals surface area contributed by atoms with Crippen molar-refractivity contribution in [2.24, 2.45) is 0 Å². The Morgan fingerprint density at radius 2 is 1.84 bits per heavy atom. The Bertz CT molecular complexity index is 520. The van der Waals surface area contributed by atoms with Crippen LogP contribution in [-0.2, 0) is 16.1 Å². The van der Waals surface area contributed by atoms with Crippen LogP contribution in [0.3, 0.4) is 0 Å². The van der Waals surface area contributed by atoms with Gasteiger partial charge in [-0.25, -0.2) is 4.79 Å². The number of hydrogen-bond acceptors (Lipinski definition) is 3. The first-order valence-corrected chi connectivity index (χ1v) is 5.78. The summed E-state index contributed by atoms with van der Waals surface area (Å²) in [7, 11) is 1.56. The van der Waals surface area contributed by atoms with Crippen LogP contribution < -0.4 is 10.1 Å². The van der Waals surface area contributed by atoms with Crippen molar-refractivity contribution < 1.29 is 19.4 Å². The van der Waals surface area contributed by atoms with Gasteiger partial charge >= 0.3 is 5.97 Å². The lowest BCUT2D eigenvalue weighted by molar-refractivity contribution is -0.133. The molecule has 0 unspecified atom stereocenters. The molecule has 102 valence electrons. The van der Waals surface area contributed by atoms with E-state index in [1.807, 2.05) is 18.2 Å². The predicted molar refractivity (Wildman–Crippen MR) is 70.9 cm³/mol. The molecule has 0 atom stereocenters. The SMILES string of the molecule is COc1ccccc1CNC(=O)/C(C)=C(/C)C(=O)O. The third-order valence-electron chi connectivity index (χ3n) is 2.86. The van der Waals surface area contributed by atoms with Crippen molar-refractivity contribution in [3.63, 3.8) is 0 Å². The van der Waals surface area contributed by atoms with Crippen LogP contribution in [0.4, 0.5) is 0 Å². The van der Waals surface area contributed by atoms with Gasteiger partial charge in [0.05, 0.1) is 7.11 Å². The lowest BCUT2D eigenvalue weighted by atomic mass is 10.1. The minimum atomic E-state index is -1.09. The summed E-state index contributed by atoms with van der Waals surface area (Å²) in [5.41, 5.74) is 1.07. The number of amides is 1. The standard InChI is InChI=1S/C14H17NO4/c1-9(10(2)14(17)18)13(16)15-8-11-6-4-5-7-12(11)19-3/h4-7H,8H2,1-3H3,(H,15,16)(H,17,18)/b10-9-. The molecule has 0 bridgehead atoms. The molecule has 1 amide bonds. The second kappa shape index (κ2) is 6.58. The van der Waals surface area contributed by atoms with Crippen molar-refractivity contribution in [3.8, 4) is 5.75 Å². The molecule has 1 aromatic carbocycles.